The fraction of sp³-hybridized carbons (Fsp3) is 0.857. The van der Waals surface area contributed by atoms with Crippen LogP contribution in [0.15, 0.2) is 11.1 Å². The van der Waals surface area contributed by atoms with E-state index in [0.717, 1.165) is 51.4 Å². The second-order valence-electron chi connectivity index (χ2n) is 9.39. The van der Waals surface area contributed by atoms with Crippen molar-refractivity contribution in [2.45, 2.75) is 136 Å². The Hall–Kier alpha value is -1.32. The molecule has 0 saturated heterocycles. The van der Waals surface area contributed by atoms with Gasteiger partial charge >= 0.3 is 11.9 Å². The van der Waals surface area contributed by atoms with Gasteiger partial charge in [0.25, 0.3) is 0 Å². The molecule has 1 saturated carbocycles. The van der Waals surface area contributed by atoms with E-state index in [1.807, 2.05) is 6.92 Å². The van der Waals surface area contributed by atoms with Crippen LogP contribution in [0.25, 0.3) is 0 Å². The van der Waals surface area contributed by atoms with Crippen molar-refractivity contribution in [1.82, 2.24) is 0 Å². The normalized spacial score (nSPS) is 15.3. The van der Waals surface area contributed by atoms with Crippen molar-refractivity contribution in [3.05, 3.63) is 11.1 Å². The first-order valence-electron chi connectivity index (χ1n) is 13.7. The maximum atomic E-state index is 13.1. The van der Waals surface area contributed by atoms with Crippen LogP contribution in [0.2, 0.25) is 0 Å². The van der Waals surface area contributed by atoms with Crippen molar-refractivity contribution >= 4 is 11.9 Å². The third kappa shape index (κ3) is 12.1. The maximum Gasteiger partial charge on any atom is 0.334 e. The third-order valence-electron chi connectivity index (χ3n) is 6.62. The van der Waals surface area contributed by atoms with Crippen molar-refractivity contribution < 1.29 is 19.1 Å². The van der Waals surface area contributed by atoms with Gasteiger partial charge in [0, 0.05) is 5.57 Å². The first-order chi connectivity index (χ1) is 15.7. The summed E-state index contributed by atoms with van der Waals surface area (Å²) in [6.07, 6.45) is 19.8. The molecule has 0 radical (unpaired) electrons. The number of unbranched alkanes of at least 4 members (excludes halogenated alkanes) is 10. The standard InChI is InChI=1S/C28H50O4/c1-4-7-9-11-13-18-22-31-27(29)25(6-3)26(24-20-16-15-17-21-24)28(30)32-23-19-14-12-10-8-5-2/h24H,4-23H2,1-3H3. The fourth-order valence-corrected chi connectivity index (χ4v) is 4.63. The van der Waals surface area contributed by atoms with Gasteiger partial charge in [0.05, 0.1) is 18.8 Å². The van der Waals surface area contributed by atoms with Crippen LogP contribution in [0.1, 0.15) is 136 Å². The molecule has 0 amide bonds. The summed E-state index contributed by atoms with van der Waals surface area (Å²) in [5.74, 6) is -0.450. The van der Waals surface area contributed by atoms with Crippen LogP contribution >= 0.6 is 0 Å². The van der Waals surface area contributed by atoms with Gasteiger partial charge in [0.1, 0.15) is 0 Å². The van der Waals surface area contributed by atoms with Crippen LogP contribution in [0, 0.1) is 5.92 Å². The van der Waals surface area contributed by atoms with Crippen molar-refractivity contribution in [2.24, 2.45) is 5.92 Å². The van der Waals surface area contributed by atoms with Crippen LogP contribution in [-0.2, 0) is 19.1 Å². The topological polar surface area (TPSA) is 52.6 Å². The predicted octanol–water partition coefficient (Wildman–Crippen LogP) is 8.08. The summed E-state index contributed by atoms with van der Waals surface area (Å²) in [5, 5.41) is 0. The Balaban J connectivity index is 2.64. The van der Waals surface area contributed by atoms with Crippen LogP contribution in [-0.4, -0.2) is 25.2 Å². The molecule has 0 heterocycles. The first-order valence-corrected chi connectivity index (χ1v) is 13.7. The molecule has 4 nitrogen and oxygen atoms in total. The van der Waals surface area contributed by atoms with Crippen LogP contribution < -0.4 is 0 Å². The van der Waals surface area contributed by atoms with Crippen LogP contribution in [0.3, 0.4) is 0 Å². The lowest BCUT2D eigenvalue weighted by atomic mass is 9.81. The summed E-state index contributed by atoms with van der Waals surface area (Å²) in [6, 6.07) is 0. The summed E-state index contributed by atoms with van der Waals surface area (Å²) in [4.78, 5) is 26.0. The van der Waals surface area contributed by atoms with Gasteiger partial charge in [0.2, 0.25) is 0 Å². The van der Waals surface area contributed by atoms with E-state index in [0.29, 0.717) is 30.8 Å². The van der Waals surface area contributed by atoms with Gasteiger partial charge in [-0.1, -0.05) is 104 Å². The average molecular weight is 451 g/mol. The van der Waals surface area contributed by atoms with E-state index >= 15 is 0 Å². The molecule has 1 aliphatic carbocycles. The molecule has 0 aromatic heterocycles. The first kappa shape index (κ1) is 28.7. The molecule has 0 aromatic rings. The Morgan fingerprint density at radius 3 is 1.59 bits per heavy atom. The lowest BCUT2D eigenvalue weighted by molar-refractivity contribution is -0.143. The molecule has 4 heteroatoms. The Morgan fingerprint density at radius 2 is 1.09 bits per heavy atom. The number of hydrogen-bond donors (Lipinski definition) is 0. The minimum absolute atomic E-state index is 0.136. The highest BCUT2D eigenvalue weighted by Gasteiger charge is 2.30. The monoisotopic (exact) mass is 450 g/mol. The molecule has 0 spiro atoms. The van der Waals surface area contributed by atoms with E-state index in [2.05, 4.69) is 13.8 Å². The molecular formula is C28H50O4. The molecule has 1 fully saturated rings. The molecule has 1 aliphatic rings. The molecule has 0 aliphatic heterocycles. The number of rotatable bonds is 18. The Bertz CT molecular complexity index is 532. The van der Waals surface area contributed by atoms with Gasteiger partial charge in [-0.05, 0) is 38.0 Å². The van der Waals surface area contributed by atoms with Gasteiger partial charge in [-0.3, -0.25) is 0 Å². The molecular weight excluding hydrogens is 400 g/mol. The fourth-order valence-electron chi connectivity index (χ4n) is 4.63. The molecule has 186 valence electrons. The molecule has 1 rings (SSSR count). The summed E-state index contributed by atoms with van der Waals surface area (Å²) in [6.45, 7) is 7.27. The summed E-state index contributed by atoms with van der Waals surface area (Å²) in [7, 11) is 0. The number of ether oxygens (including phenoxy) is 2. The lowest BCUT2D eigenvalue weighted by Crippen LogP contribution is -2.24. The van der Waals surface area contributed by atoms with Crippen LogP contribution in [0.4, 0.5) is 0 Å². The van der Waals surface area contributed by atoms with Gasteiger partial charge < -0.3 is 9.47 Å². The zero-order chi connectivity index (χ0) is 23.4. The van der Waals surface area contributed by atoms with Gasteiger partial charge in [0.15, 0.2) is 0 Å². The van der Waals surface area contributed by atoms with E-state index in [1.165, 1.54) is 57.8 Å². The van der Waals surface area contributed by atoms with E-state index in [-0.39, 0.29) is 17.9 Å². The lowest BCUT2D eigenvalue weighted by Gasteiger charge is -2.25. The Labute approximate surface area is 197 Å². The molecule has 32 heavy (non-hydrogen) atoms. The summed E-state index contributed by atoms with van der Waals surface area (Å²) in [5.41, 5.74) is 1.17. The molecule has 0 aromatic carbocycles. The Morgan fingerprint density at radius 1 is 0.625 bits per heavy atom. The largest absolute Gasteiger partial charge is 0.462 e. The molecule has 0 N–H and O–H groups in total. The van der Waals surface area contributed by atoms with Crippen LogP contribution in [0.5, 0.6) is 0 Å². The highest BCUT2D eigenvalue weighted by atomic mass is 16.5. The average Bonchev–Trinajstić information content (AvgIpc) is 2.81. The van der Waals surface area contributed by atoms with Gasteiger partial charge in [-0.2, -0.15) is 0 Å². The minimum atomic E-state index is -0.307. The second-order valence-corrected chi connectivity index (χ2v) is 9.39. The van der Waals surface area contributed by atoms with Crippen molar-refractivity contribution in [3.8, 4) is 0 Å². The minimum Gasteiger partial charge on any atom is -0.462 e. The number of hydrogen-bond acceptors (Lipinski definition) is 4. The number of esters is 2. The smallest absolute Gasteiger partial charge is 0.334 e. The molecule has 0 unspecified atom stereocenters. The highest BCUT2D eigenvalue weighted by Crippen LogP contribution is 2.33. The quantitative estimate of drug-likeness (QED) is 0.120. The van der Waals surface area contributed by atoms with E-state index in [4.69, 9.17) is 9.47 Å². The summed E-state index contributed by atoms with van der Waals surface area (Å²) >= 11 is 0. The van der Waals surface area contributed by atoms with Crippen molar-refractivity contribution in [3.63, 3.8) is 0 Å². The molecule has 0 bridgehead atoms. The molecule has 0 atom stereocenters. The second kappa shape index (κ2) is 19.2. The van der Waals surface area contributed by atoms with E-state index in [1.54, 1.807) is 0 Å². The maximum absolute atomic E-state index is 13.1. The summed E-state index contributed by atoms with van der Waals surface area (Å²) < 4.78 is 11.3. The zero-order valence-corrected chi connectivity index (χ0v) is 21.4. The van der Waals surface area contributed by atoms with Crippen molar-refractivity contribution in [2.75, 3.05) is 13.2 Å². The Kier molecular flexibility index (Phi) is 17.2. The van der Waals surface area contributed by atoms with E-state index < -0.39 is 0 Å². The third-order valence-corrected chi connectivity index (χ3v) is 6.62. The predicted molar refractivity (Wildman–Crippen MR) is 133 cm³/mol. The van der Waals surface area contributed by atoms with Crippen molar-refractivity contribution in [1.29, 1.82) is 0 Å². The number of carbonyl (C=O) groups excluding carboxylic acids is 2. The van der Waals surface area contributed by atoms with Gasteiger partial charge in [-0.15, -0.1) is 0 Å². The number of carbonyl (C=O) groups is 2. The SMILES string of the molecule is CCCCCCCCOC(=O)C(CC)=C(C(=O)OCCCCCCCC)C1CCCCC1. The zero-order valence-electron chi connectivity index (χ0n) is 21.4. The van der Waals surface area contributed by atoms with Gasteiger partial charge in [-0.25, -0.2) is 9.59 Å². The van der Waals surface area contributed by atoms with E-state index in [9.17, 15) is 9.59 Å². The highest BCUT2D eigenvalue weighted by molar-refractivity contribution is 6.00.